The highest BCUT2D eigenvalue weighted by molar-refractivity contribution is 9.10. The van der Waals surface area contributed by atoms with Gasteiger partial charge >= 0.3 is 0 Å². The Kier molecular flexibility index (Phi) is 4.73. The number of benzene rings is 1. The van der Waals surface area contributed by atoms with Gasteiger partial charge in [-0.05, 0) is 18.2 Å². The normalized spacial score (nSPS) is 11.6. The summed E-state index contributed by atoms with van der Waals surface area (Å²) in [4.78, 5) is 0. The minimum absolute atomic E-state index is 0.201. The summed E-state index contributed by atoms with van der Waals surface area (Å²) < 4.78 is 16.9. The quantitative estimate of drug-likeness (QED) is 0.841. The fourth-order valence-corrected chi connectivity index (χ4v) is 1.92. The zero-order valence-electron chi connectivity index (χ0n) is 9.62. The van der Waals surface area contributed by atoms with Crippen LogP contribution in [-0.2, 0) is 15.3 Å². The van der Waals surface area contributed by atoms with Gasteiger partial charge in [-0.15, -0.1) is 0 Å². The first-order valence-electron chi connectivity index (χ1n) is 4.78. The molecule has 0 aliphatic rings. The third-order valence-electron chi connectivity index (χ3n) is 2.50. The average molecular weight is 290 g/mol. The monoisotopic (exact) mass is 289 g/mol. The number of hydrogen-bond donors (Lipinski definition) is 1. The largest absolute Gasteiger partial charge is 0.496 e. The van der Waals surface area contributed by atoms with Crippen LogP contribution in [0.2, 0.25) is 0 Å². The smallest absolute Gasteiger partial charge is 0.210 e. The summed E-state index contributed by atoms with van der Waals surface area (Å²) in [7, 11) is 4.70. The molecule has 16 heavy (non-hydrogen) atoms. The summed E-state index contributed by atoms with van der Waals surface area (Å²) in [5.74, 6) is -0.299. The molecule has 1 aromatic rings. The van der Waals surface area contributed by atoms with E-state index in [0.717, 1.165) is 10.0 Å². The van der Waals surface area contributed by atoms with E-state index in [4.69, 9.17) is 19.9 Å². The van der Waals surface area contributed by atoms with Crippen molar-refractivity contribution in [1.82, 2.24) is 0 Å². The topological polar surface area (TPSA) is 53.7 Å². The predicted molar refractivity (Wildman–Crippen MR) is 65.4 cm³/mol. The summed E-state index contributed by atoms with van der Waals surface area (Å²) in [5.41, 5.74) is 6.47. The molecule has 1 aromatic carbocycles. The van der Waals surface area contributed by atoms with Crippen LogP contribution in [0.3, 0.4) is 0 Å². The first-order valence-corrected chi connectivity index (χ1v) is 5.57. The van der Waals surface area contributed by atoms with E-state index < -0.39 is 5.79 Å². The Morgan fingerprint density at radius 2 is 1.88 bits per heavy atom. The molecule has 90 valence electrons. The third-order valence-corrected chi connectivity index (χ3v) is 2.99. The number of hydrogen-bond acceptors (Lipinski definition) is 4. The van der Waals surface area contributed by atoms with Gasteiger partial charge in [-0.1, -0.05) is 15.9 Å². The Hall–Kier alpha value is -0.620. The highest BCUT2D eigenvalue weighted by Crippen LogP contribution is 2.34. The minimum atomic E-state index is -0.977. The molecule has 0 aliphatic carbocycles. The van der Waals surface area contributed by atoms with Crippen LogP contribution in [0, 0.1) is 0 Å². The van der Waals surface area contributed by atoms with Crippen molar-refractivity contribution in [3.63, 3.8) is 0 Å². The Labute approximate surface area is 104 Å². The lowest BCUT2D eigenvalue weighted by Gasteiger charge is -2.31. The molecule has 0 saturated carbocycles. The third kappa shape index (κ3) is 2.38. The maximum atomic E-state index is 5.71. The van der Waals surface area contributed by atoms with E-state index in [2.05, 4.69) is 15.9 Å². The fraction of sp³-hybridized carbons (Fsp3) is 0.455. The van der Waals surface area contributed by atoms with Crippen molar-refractivity contribution < 1.29 is 14.2 Å². The van der Waals surface area contributed by atoms with Crippen molar-refractivity contribution in [2.45, 2.75) is 5.79 Å². The number of halogens is 1. The molecule has 0 aromatic heterocycles. The summed E-state index contributed by atoms with van der Waals surface area (Å²) in [6, 6.07) is 5.59. The molecule has 0 amide bonds. The van der Waals surface area contributed by atoms with Crippen LogP contribution in [0.1, 0.15) is 5.56 Å². The van der Waals surface area contributed by atoms with E-state index in [9.17, 15) is 0 Å². The van der Waals surface area contributed by atoms with E-state index in [1.807, 2.05) is 18.2 Å². The Balaban J connectivity index is 3.32. The predicted octanol–water partition coefficient (Wildman–Crippen LogP) is 1.86. The van der Waals surface area contributed by atoms with E-state index >= 15 is 0 Å². The SMILES string of the molecule is COc1ccc(Br)cc1C(CN)(OC)OC. The first kappa shape index (κ1) is 13.4. The van der Waals surface area contributed by atoms with Crippen molar-refractivity contribution in [3.8, 4) is 5.75 Å². The molecule has 0 fully saturated rings. The lowest BCUT2D eigenvalue weighted by molar-refractivity contribution is -0.208. The highest BCUT2D eigenvalue weighted by atomic mass is 79.9. The molecule has 0 aliphatic heterocycles. The molecule has 2 N–H and O–H groups in total. The number of methoxy groups -OCH3 is 3. The second-order valence-electron chi connectivity index (χ2n) is 3.21. The second kappa shape index (κ2) is 5.63. The van der Waals surface area contributed by atoms with Gasteiger partial charge in [0.15, 0.2) is 0 Å². The number of nitrogens with two attached hydrogens (primary N) is 1. The van der Waals surface area contributed by atoms with Crippen molar-refractivity contribution >= 4 is 15.9 Å². The summed E-state index contributed by atoms with van der Waals surface area (Å²) >= 11 is 3.40. The van der Waals surface area contributed by atoms with Crippen molar-refractivity contribution in [2.75, 3.05) is 27.9 Å². The van der Waals surface area contributed by atoms with E-state index in [0.29, 0.717) is 5.75 Å². The van der Waals surface area contributed by atoms with Crippen LogP contribution in [0.15, 0.2) is 22.7 Å². The van der Waals surface area contributed by atoms with Gasteiger partial charge in [0.2, 0.25) is 5.79 Å². The number of ether oxygens (including phenoxy) is 3. The van der Waals surface area contributed by atoms with Crippen LogP contribution < -0.4 is 10.5 Å². The molecule has 0 atom stereocenters. The molecule has 5 heteroatoms. The Morgan fingerprint density at radius 1 is 1.25 bits per heavy atom. The lowest BCUT2D eigenvalue weighted by Crippen LogP contribution is -2.39. The fourth-order valence-electron chi connectivity index (χ4n) is 1.56. The van der Waals surface area contributed by atoms with Crippen molar-refractivity contribution in [3.05, 3.63) is 28.2 Å². The molecular formula is C11H16BrNO3. The molecule has 4 nitrogen and oxygen atoms in total. The maximum absolute atomic E-state index is 5.71. The average Bonchev–Trinajstić information content (AvgIpc) is 2.32. The van der Waals surface area contributed by atoms with Crippen LogP contribution in [0.4, 0.5) is 0 Å². The van der Waals surface area contributed by atoms with Gasteiger partial charge in [0.1, 0.15) is 5.75 Å². The van der Waals surface area contributed by atoms with Crippen LogP contribution in [0.5, 0.6) is 5.75 Å². The van der Waals surface area contributed by atoms with Gasteiger partial charge in [0.05, 0.1) is 19.2 Å². The number of rotatable bonds is 5. The molecule has 0 saturated heterocycles. The highest BCUT2D eigenvalue weighted by Gasteiger charge is 2.33. The minimum Gasteiger partial charge on any atom is -0.496 e. The van der Waals surface area contributed by atoms with Crippen LogP contribution >= 0.6 is 15.9 Å². The van der Waals surface area contributed by atoms with Crippen molar-refractivity contribution in [2.24, 2.45) is 5.73 Å². The van der Waals surface area contributed by atoms with Gasteiger partial charge < -0.3 is 19.9 Å². The summed E-state index contributed by atoms with van der Waals surface area (Å²) in [6.45, 7) is 0.201. The van der Waals surface area contributed by atoms with Gasteiger partial charge in [-0.25, -0.2) is 0 Å². The molecule has 0 radical (unpaired) electrons. The molecule has 1 rings (SSSR count). The van der Waals surface area contributed by atoms with E-state index in [-0.39, 0.29) is 6.54 Å². The zero-order valence-corrected chi connectivity index (χ0v) is 11.2. The van der Waals surface area contributed by atoms with Gasteiger partial charge in [0, 0.05) is 18.7 Å². The molecule has 0 spiro atoms. The molecule has 0 bridgehead atoms. The lowest BCUT2D eigenvalue weighted by atomic mass is 10.0. The Bertz CT molecular complexity index is 345. The van der Waals surface area contributed by atoms with Gasteiger partial charge in [0.25, 0.3) is 0 Å². The van der Waals surface area contributed by atoms with E-state index in [1.54, 1.807) is 21.3 Å². The van der Waals surface area contributed by atoms with E-state index in [1.165, 1.54) is 0 Å². The zero-order chi connectivity index (χ0) is 12.2. The summed E-state index contributed by atoms with van der Waals surface area (Å²) in [5, 5.41) is 0. The van der Waals surface area contributed by atoms with Crippen LogP contribution in [-0.4, -0.2) is 27.9 Å². The first-order chi connectivity index (χ1) is 7.63. The van der Waals surface area contributed by atoms with Crippen LogP contribution in [0.25, 0.3) is 0 Å². The standard InChI is InChI=1S/C11H16BrNO3/c1-14-10-5-4-8(12)6-9(10)11(7-13,15-2)16-3/h4-6H,7,13H2,1-3H3. The molecule has 0 unspecified atom stereocenters. The second-order valence-corrected chi connectivity index (χ2v) is 4.13. The molecule has 0 heterocycles. The summed E-state index contributed by atoms with van der Waals surface area (Å²) in [6.07, 6.45) is 0. The van der Waals surface area contributed by atoms with Crippen molar-refractivity contribution in [1.29, 1.82) is 0 Å². The molecular weight excluding hydrogens is 274 g/mol. The maximum Gasteiger partial charge on any atom is 0.210 e. The Morgan fingerprint density at radius 3 is 2.31 bits per heavy atom. The van der Waals surface area contributed by atoms with Gasteiger partial charge in [-0.3, -0.25) is 0 Å². The van der Waals surface area contributed by atoms with Gasteiger partial charge in [-0.2, -0.15) is 0 Å².